The Morgan fingerprint density at radius 2 is 1.38 bits per heavy atom. The summed E-state index contributed by atoms with van der Waals surface area (Å²) in [6.07, 6.45) is 11.3. The van der Waals surface area contributed by atoms with Crippen molar-refractivity contribution in [1.82, 2.24) is 10.2 Å². The van der Waals surface area contributed by atoms with Crippen molar-refractivity contribution < 1.29 is 24.2 Å². The van der Waals surface area contributed by atoms with E-state index in [4.69, 9.17) is 14.6 Å². The predicted octanol–water partition coefficient (Wildman–Crippen LogP) is 7.25. The largest absolute Gasteiger partial charge is 0.461 e. The molecule has 3 aliphatic rings. The Kier molecular flexibility index (Phi) is 40.1. The lowest BCUT2D eigenvalue weighted by molar-refractivity contribution is -0.146. The molecule has 2 saturated heterocycles. The fourth-order valence-electron chi connectivity index (χ4n) is 3.82. The van der Waals surface area contributed by atoms with Gasteiger partial charge < -0.3 is 24.8 Å². The lowest BCUT2D eigenvalue weighted by Crippen LogP contribution is -2.28. The van der Waals surface area contributed by atoms with Crippen LogP contribution in [0.4, 0.5) is 0 Å². The molecule has 0 aromatic carbocycles. The summed E-state index contributed by atoms with van der Waals surface area (Å²) >= 11 is 0. The quantitative estimate of drug-likeness (QED) is 0.351. The number of nitrogens with one attached hydrogen (secondary N) is 1. The average molecular weight is 563 g/mol. The standard InChI is InChI=1S/C8H13NO3.C7H14.C6H12O.C5H13NO.3C2H6/c1-6(10)9-4-3-8(5-9)12-7(2)11;1-7-5-3-2-4-6-7;1-6-2-4-7-5-3-6;1-5(7)3-4-6-2;3*1-2/h8H,3-5H2,1-2H3;7H,2-6H2,1H3;6H,2-5H2,1H3;5-7H,3-4H2,1-2H3;3*1-2H3. The van der Waals surface area contributed by atoms with Crippen LogP contribution in [-0.4, -0.2) is 74.0 Å². The summed E-state index contributed by atoms with van der Waals surface area (Å²) in [5.41, 5.74) is 0. The van der Waals surface area contributed by atoms with E-state index in [1.54, 1.807) is 11.8 Å². The number of rotatable bonds is 4. The zero-order chi connectivity index (χ0) is 31.1. The molecule has 0 radical (unpaired) electrons. The Hall–Kier alpha value is -1.18. The topological polar surface area (TPSA) is 88.1 Å². The molecule has 2 atom stereocenters. The van der Waals surface area contributed by atoms with E-state index in [1.807, 2.05) is 48.6 Å². The van der Waals surface area contributed by atoms with Gasteiger partial charge in [-0.05, 0) is 51.6 Å². The van der Waals surface area contributed by atoms with E-state index in [9.17, 15) is 9.59 Å². The Bertz CT molecular complexity index is 475. The number of esters is 1. The van der Waals surface area contributed by atoms with Crippen molar-refractivity contribution in [3.63, 3.8) is 0 Å². The Labute approximate surface area is 244 Å². The monoisotopic (exact) mass is 563 g/mol. The molecule has 1 aliphatic carbocycles. The van der Waals surface area contributed by atoms with Gasteiger partial charge >= 0.3 is 5.97 Å². The van der Waals surface area contributed by atoms with Gasteiger partial charge in [0.25, 0.3) is 0 Å². The lowest BCUT2D eigenvalue weighted by atomic mass is 9.91. The predicted molar refractivity (Wildman–Crippen MR) is 168 cm³/mol. The van der Waals surface area contributed by atoms with Crippen LogP contribution >= 0.6 is 0 Å². The molecule has 1 amide bonds. The van der Waals surface area contributed by atoms with Crippen LogP contribution in [0.15, 0.2) is 0 Å². The fraction of sp³-hybridized carbons (Fsp3) is 0.938. The number of ether oxygens (including phenoxy) is 2. The molecular formula is C32H70N2O5. The van der Waals surface area contributed by atoms with Crippen molar-refractivity contribution in [3.8, 4) is 0 Å². The van der Waals surface area contributed by atoms with E-state index in [2.05, 4.69) is 19.2 Å². The number of aliphatic hydroxyl groups excluding tert-OH is 1. The van der Waals surface area contributed by atoms with Crippen LogP contribution in [0.1, 0.15) is 134 Å². The number of hydrogen-bond acceptors (Lipinski definition) is 6. The van der Waals surface area contributed by atoms with Gasteiger partial charge in [-0.2, -0.15) is 0 Å². The molecule has 3 fully saturated rings. The second kappa shape index (κ2) is 34.8. The van der Waals surface area contributed by atoms with Gasteiger partial charge in [-0.15, -0.1) is 0 Å². The molecule has 238 valence electrons. The summed E-state index contributed by atoms with van der Waals surface area (Å²) in [7, 11) is 1.88. The molecule has 7 heteroatoms. The van der Waals surface area contributed by atoms with Gasteiger partial charge in [0.05, 0.1) is 12.6 Å². The minimum Gasteiger partial charge on any atom is -0.461 e. The highest BCUT2D eigenvalue weighted by Crippen LogP contribution is 2.22. The second-order valence-corrected chi connectivity index (χ2v) is 9.76. The summed E-state index contributed by atoms with van der Waals surface area (Å²) < 4.78 is 10.1. The van der Waals surface area contributed by atoms with Gasteiger partial charge in [0.1, 0.15) is 6.10 Å². The summed E-state index contributed by atoms with van der Waals surface area (Å²) in [6.45, 7) is 25.5. The first kappa shape index (κ1) is 44.8. The molecule has 39 heavy (non-hydrogen) atoms. The highest BCUT2D eigenvalue weighted by molar-refractivity contribution is 5.73. The van der Waals surface area contributed by atoms with Crippen LogP contribution in [0.3, 0.4) is 0 Å². The van der Waals surface area contributed by atoms with Crippen molar-refractivity contribution in [2.75, 3.05) is 39.9 Å². The molecular weight excluding hydrogens is 492 g/mol. The van der Waals surface area contributed by atoms with Crippen molar-refractivity contribution in [3.05, 3.63) is 0 Å². The summed E-state index contributed by atoms with van der Waals surface area (Å²) in [6, 6.07) is 0. The number of amides is 1. The van der Waals surface area contributed by atoms with E-state index in [1.165, 1.54) is 58.8 Å². The lowest BCUT2D eigenvalue weighted by Gasteiger charge is -2.16. The van der Waals surface area contributed by atoms with E-state index in [0.717, 1.165) is 44.4 Å². The van der Waals surface area contributed by atoms with Gasteiger partial charge in [0, 0.05) is 40.0 Å². The normalized spacial score (nSPS) is 19.0. The molecule has 2 N–H and O–H groups in total. The van der Waals surface area contributed by atoms with E-state index in [0.29, 0.717) is 13.1 Å². The van der Waals surface area contributed by atoms with E-state index < -0.39 is 0 Å². The SMILES string of the molecule is CC.CC.CC.CC(=O)OC1CCN(C(C)=O)C1.CC1CCCCC1.CC1CCOCC1.CNCCC(C)O. The van der Waals surface area contributed by atoms with Crippen molar-refractivity contribution in [1.29, 1.82) is 0 Å². The third kappa shape index (κ3) is 34.8. The third-order valence-electron chi connectivity index (χ3n) is 6.14. The van der Waals surface area contributed by atoms with Crippen LogP contribution in [0.2, 0.25) is 0 Å². The Morgan fingerprint density at radius 1 is 0.897 bits per heavy atom. The third-order valence-corrected chi connectivity index (χ3v) is 6.14. The van der Waals surface area contributed by atoms with Crippen molar-refractivity contribution in [2.24, 2.45) is 11.8 Å². The zero-order valence-electron chi connectivity index (χ0n) is 28.2. The van der Waals surface area contributed by atoms with Gasteiger partial charge in [-0.3, -0.25) is 9.59 Å². The first-order chi connectivity index (χ1) is 18.6. The fourth-order valence-corrected chi connectivity index (χ4v) is 3.82. The maximum atomic E-state index is 10.9. The molecule has 0 bridgehead atoms. The molecule has 7 nitrogen and oxygen atoms in total. The first-order valence-electron chi connectivity index (χ1n) is 16.0. The number of carbonyl (C=O) groups excluding carboxylic acids is 2. The van der Waals surface area contributed by atoms with Gasteiger partial charge in [0.15, 0.2) is 0 Å². The van der Waals surface area contributed by atoms with Gasteiger partial charge in [0.2, 0.25) is 5.91 Å². The van der Waals surface area contributed by atoms with Crippen molar-refractivity contribution in [2.45, 2.75) is 146 Å². The molecule has 0 aromatic heterocycles. The summed E-state index contributed by atoms with van der Waals surface area (Å²) in [4.78, 5) is 23.1. The van der Waals surface area contributed by atoms with Gasteiger partial charge in [-0.25, -0.2) is 0 Å². The minimum absolute atomic E-state index is 0.0460. The second-order valence-electron chi connectivity index (χ2n) is 9.76. The van der Waals surface area contributed by atoms with Crippen LogP contribution in [0.5, 0.6) is 0 Å². The number of hydrogen-bond donors (Lipinski definition) is 2. The average Bonchev–Trinajstić information content (AvgIpc) is 3.41. The van der Waals surface area contributed by atoms with Crippen LogP contribution in [0, 0.1) is 11.8 Å². The number of nitrogens with zero attached hydrogens (tertiary/aromatic N) is 1. The molecule has 1 saturated carbocycles. The van der Waals surface area contributed by atoms with Gasteiger partial charge in [-0.1, -0.05) is 87.5 Å². The molecule has 2 unspecified atom stereocenters. The number of carbonyl (C=O) groups is 2. The number of aliphatic hydroxyl groups is 1. The highest BCUT2D eigenvalue weighted by atomic mass is 16.5. The highest BCUT2D eigenvalue weighted by Gasteiger charge is 2.25. The van der Waals surface area contributed by atoms with Crippen LogP contribution < -0.4 is 5.32 Å². The maximum absolute atomic E-state index is 10.9. The Balaban J connectivity index is -0.000000201. The van der Waals surface area contributed by atoms with E-state index >= 15 is 0 Å². The molecule has 3 rings (SSSR count). The first-order valence-corrected chi connectivity index (χ1v) is 16.0. The zero-order valence-corrected chi connectivity index (χ0v) is 28.2. The molecule has 0 spiro atoms. The maximum Gasteiger partial charge on any atom is 0.302 e. The molecule has 2 aliphatic heterocycles. The van der Waals surface area contributed by atoms with Crippen molar-refractivity contribution >= 4 is 11.9 Å². The van der Waals surface area contributed by atoms with Crippen LogP contribution in [0.25, 0.3) is 0 Å². The minimum atomic E-state index is -0.273. The Morgan fingerprint density at radius 3 is 1.64 bits per heavy atom. The van der Waals surface area contributed by atoms with Crippen LogP contribution in [-0.2, 0) is 19.1 Å². The van der Waals surface area contributed by atoms with E-state index in [-0.39, 0.29) is 24.1 Å². The molecule has 2 heterocycles. The summed E-state index contributed by atoms with van der Waals surface area (Å²) in [5, 5.41) is 11.6. The molecule has 0 aromatic rings. The number of likely N-dealkylation sites (tertiary alicyclic amines) is 1. The summed E-state index contributed by atoms with van der Waals surface area (Å²) in [5.74, 6) is 1.72. The smallest absolute Gasteiger partial charge is 0.302 e.